The van der Waals surface area contributed by atoms with Gasteiger partial charge in [-0.15, -0.1) is 0 Å². The second-order valence-corrected chi connectivity index (χ2v) is 10.9. The second-order valence-electron chi connectivity index (χ2n) is 8.94. The van der Waals surface area contributed by atoms with Gasteiger partial charge < -0.3 is 9.88 Å². The Balaban J connectivity index is 1.33. The van der Waals surface area contributed by atoms with E-state index in [1.807, 2.05) is 17.0 Å². The number of hydrogen-bond donors (Lipinski definition) is 1. The molecule has 3 aromatic rings. The van der Waals surface area contributed by atoms with E-state index in [0.29, 0.717) is 18.7 Å². The third-order valence-electron chi connectivity index (χ3n) is 7.04. The number of fused-ring (bicyclic) bond motifs is 3. The molecule has 0 saturated heterocycles. The number of aromatic amines is 1. The number of rotatable bonds is 4. The highest BCUT2D eigenvalue weighted by Gasteiger charge is 2.30. The summed E-state index contributed by atoms with van der Waals surface area (Å²) in [5.41, 5.74) is 3.99. The number of carbonyl (C=O) groups excluding carboxylic acids is 1. The fourth-order valence-electron chi connectivity index (χ4n) is 5.10. The summed E-state index contributed by atoms with van der Waals surface area (Å²) < 4.78 is 27.7. The maximum absolute atomic E-state index is 13.2. The van der Waals surface area contributed by atoms with Gasteiger partial charge in [-0.05, 0) is 43.2 Å². The van der Waals surface area contributed by atoms with Gasteiger partial charge in [-0.2, -0.15) is 4.31 Å². The normalized spacial score (nSPS) is 17.6. The molecule has 0 atom stereocenters. The monoisotopic (exact) mass is 451 g/mol. The van der Waals surface area contributed by atoms with Crippen LogP contribution in [-0.4, -0.2) is 48.1 Å². The lowest BCUT2D eigenvalue weighted by Gasteiger charge is -2.30. The maximum Gasteiger partial charge on any atom is 0.254 e. The zero-order chi connectivity index (χ0) is 22.3. The Bertz CT molecular complexity index is 1240. The highest BCUT2D eigenvalue weighted by atomic mass is 32.2. The number of benzene rings is 2. The van der Waals surface area contributed by atoms with Gasteiger partial charge in [0.15, 0.2) is 0 Å². The van der Waals surface area contributed by atoms with Crippen molar-refractivity contribution in [2.45, 2.75) is 56.0 Å². The number of hydrogen-bond acceptors (Lipinski definition) is 3. The van der Waals surface area contributed by atoms with Gasteiger partial charge in [0.1, 0.15) is 0 Å². The van der Waals surface area contributed by atoms with Gasteiger partial charge in [0.05, 0.1) is 4.90 Å². The number of nitrogens with one attached hydrogen (secondary N) is 1. The van der Waals surface area contributed by atoms with Crippen molar-refractivity contribution in [2.24, 2.45) is 0 Å². The number of aromatic nitrogens is 1. The van der Waals surface area contributed by atoms with Crippen molar-refractivity contribution in [3.8, 4) is 0 Å². The number of nitrogens with zero attached hydrogens (tertiary/aromatic N) is 2. The van der Waals surface area contributed by atoms with E-state index in [9.17, 15) is 13.2 Å². The molecular formula is C25H29N3O3S. The van der Waals surface area contributed by atoms with Crippen molar-refractivity contribution in [3.63, 3.8) is 0 Å². The third kappa shape index (κ3) is 3.73. The molecule has 1 aliphatic heterocycles. The molecule has 0 unspecified atom stereocenters. The first kappa shape index (κ1) is 21.2. The predicted molar refractivity (Wildman–Crippen MR) is 125 cm³/mol. The molecule has 1 saturated carbocycles. The molecule has 2 heterocycles. The minimum Gasteiger partial charge on any atom is -0.358 e. The standard InChI is InChI=1S/C25H29N3O3S/c1-27(19-7-3-2-4-8-19)32(30,31)20-13-11-18(12-14-20)25(29)28-16-15-24-22(17-28)21-9-5-6-10-23(21)26-24/h5-6,9-14,19,26H,2-4,7-8,15-17H2,1H3. The first-order valence-corrected chi connectivity index (χ1v) is 12.8. The van der Waals surface area contributed by atoms with E-state index in [0.717, 1.165) is 43.0 Å². The van der Waals surface area contributed by atoms with E-state index < -0.39 is 10.0 Å². The van der Waals surface area contributed by atoms with Crippen LogP contribution in [0.3, 0.4) is 0 Å². The highest BCUT2D eigenvalue weighted by molar-refractivity contribution is 7.89. The van der Waals surface area contributed by atoms with E-state index in [4.69, 9.17) is 0 Å². The lowest BCUT2D eigenvalue weighted by Crippen LogP contribution is -2.38. The van der Waals surface area contributed by atoms with Gasteiger partial charge in [-0.1, -0.05) is 37.5 Å². The highest BCUT2D eigenvalue weighted by Crippen LogP contribution is 2.29. The molecule has 5 rings (SSSR count). The van der Waals surface area contributed by atoms with E-state index in [1.54, 1.807) is 31.3 Å². The van der Waals surface area contributed by atoms with Crippen LogP contribution in [0, 0.1) is 0 Å². The molecule has 6 nitrogen and oxygen atoms in total. The summed E-state index contributed by atoms with van der Waals surface area (Å²) in [6.45, 7) is 1.20. The number of amides is 1. The number of para-hydroxylation sites is 1. The van der Waals surface area contributed by atoms with Crippen molar-refractivity contribution >= 4 is 26.8 Å². The smallest absolute Gasteiger partial charge is 0.254 e. The van der Waals surface area contributed by atoms with E-state index in [-0.39, 0.29) is 16.8 Å². The lowest BCUT2D eigenvalue weighted by molar-refractivity contribution is 0.0735. The SMILES string of the molecule is CN(C1CCCCC1)S(=O)(=O)c1ccc(C(=O)N2CCc3[nH]c4ccccc4c3C2)cc1. The zero-order valence-electron chi connectivity index (χ0n) is 18.4. The Hall–Kier alpha value is -2.64. The van der Waals surface area contributed by atoms with Gasteiger partial charge in [0.25, 0.3) is 5.91 Å². The molecule has 7 heteroatoms. The molecule has 168 valence electrons. The average molecular weight is 452 g/mol. The van der Waals surface area contributed by atoms with Crippen LogP contribution < -0.4 is 0 Å². The summed E-state index contributed by atoms with van der Waals surface area (Å²) >= 11 is 0. The van der Waals surface area contributed by atoms with E-state index in [1.165, 1.54) is 22.0 Å². The molecule has 0 spiro atoms. The predicted octanol–water partition coefficient (Wildman–Crippen LogP) is 4.32. The van der Waals surface area contributed by atoms with Crippen LogP contribution in [0.15, 0.2) is 53.4 Å². The van der Waals surface area contributed by atoms with Crippen LogP contribution >= 0.6 is 0 Å². The lowest BCUT2D eigenvalue weighted by atomic mass is 9.96. The van der Waals surface area contributed by atoms with Crippen LogP contribution in [0.4, 0.5) is 0 Å². The molecule has 0 radical (unpaired) electrons. The first-order valence-electron chi connectivity index (χ1n) is 11.4. The van der Waals surface area contributed by atoms with Gasteiger partial charge in [-0.25, -0.2) is 8.42 Å². The van der Waals surface area contributed by atoms with Gasteiger partial charge in [0, 0.05) is 60.3 Å². The summed E-state index contributed by atoms with van der Waals surface area (Å²) in [5, 5.41) is 1.16. The van der Waals surface area contributed by atoms with E-state index >= 15 is 0 Å². The van der Waals surface area contributed by atoms with Crippen molar-refractivity contribution in [1.82, 2.24) is 14.2 Å². The largest absolute Gasteiger partial charge is 0.358 e. The van der Waals surface area contributed by atoms with Crippen molar-refractivity contribution in [1.29, 1.82) is 0 Å². The van der Waals surface area contributed by atoms with Crippen LogP contribution in [-0.2, 0) is 23.0 Å². The molecular weight excluding hydrogens is 422 g/mol. The summed E-state index contributed by atoms with van der Waals surface area (Å²) in [7, 11) is -1.88. The Labute approximate surface area is 189 Å². The Morgan fingerprint density at radius 3 is 2.50 bits per heavy atom. The topological polar surface area (TPSA) is 73.5 Å². The van der Waals surface area contributed by atoms with Crippen molar-refractivity contribution < 1.29 is 13.2 Å². The minimum atomic E-state index is -3.56. The molecule has 1 aromatic heterocycles. The zero-order valence-corrected chi connectivity index (χ0v) is 19.2. The Morgan fingerprint density at radius 1 is 1.03 bits per heavy atom. The molecule has 1 aliphatic carbocycles. The van der Waals surface area contributed by atoms with Gasteiger partial charge in [0.2, 0.25) is 10.0 Å². The fraction of sp³-hybridized carbons (Fsp3) is 0.400. The van der Waals surface area contributed by atoms with Crippen molar-refractivity contribution in [2.75, 3.05) is 13.6 Å². The third-order valence-corrected chi connectivity index (χ3v) is 8.96. The van der Waals surface area contributed by atoms with E-state index in [2.05, 4.69) is 17.1 Å². The first-order chi connectivity index (χ1) is 15.4. The van der Waals surface area contributed by atoms with Crippen LogP contribution in [0.25, 0.3) is 10.9 Å². The van der Waals surface area contributed by atoms with Crippen LogP contribution in [0.2, 0.25) is 0 Å². The summed E-state index contributed by atoms with van der Waals surface area (Å²) in [5.74, 6) is -0.0643. The molecule has 2 aromatic carbocycles. The average Bonchev–Trinajstić information content (AvgIpc) is 3.21. The molecule has 32 heavy (non-hydrogen) atoms. The van der Waals surface area contributed by atoms with Crippen LogP contribution in [0.5, 0.6) is 0 Å². The number of carbonyl (C=O) groups is 1. The summed E-state index contributed by atoms with van der Waals surface area (Å²) in [6, 6.07) is 14.7. The van der Waals surface area contributed by atoms with Crippen LogP contribution in [0.1, 0.15) is 53.7 Å². The Morgan fingerprint density at radius 2 is 1.75 bits per heavy atom. The van der Waals surface area contributed by atoms with Gasteiger partial charge >= 0.3 is 0 Å². The number of H-pyrrole nitrogens is 1. The Kier molecular flexibility index (Phi) is 5.55. The van der Waals surface area contributed by atoms with Gasteiger partial charge in [-0.3, -0.25) is 4.79 Å². The second kappa shape index (κ2) is 8.37. The fourth-order valence-corrected chi connectivity index (χ4v) is 6.51. The molecule has 2 aliphatic rings. The quantitative estimate of drug-likeness (QED) is 0.642. The number of sulfonamides is 1. The van der Waals surface area contributed by atoms with Crippen molar-refractivity contribution in [3.05, 3.63) is 65.4 Å². The summed E-state index contributed by atoms with van der Waals surface area (Å²) in [4.78, 5) is 18.7. The minimum absolute atomic E-state index is 0.0637. The summed E-state index contributed by atoms with van der Waals surface area (Å²) in [6.07, 6.45) is 5.94. The molecule has 1 fully saturated rings. The molecule has 0 bridgehead atoms. The maximum atomic E-state index is 13.2. The molecule has 1 amide bonds. The molecule has 1 N–H and O–H groups in total.